The minimum atomic E-state index is -0.360. The summed E-state index contributed by atoms with van der Waals surface area (Å²) in [5.74, 6) is 1.06. The van der Waals surface area contributed by atoms with Crippen molar-refractivity contribution in [3.63, 3.8) is 0 Å². The van der Waals surface area contributed by atoms with Crippen molar-refractivity contribution < 1.29 is 19.0 Å². The van der Waals surface area contributed by atoms with Crippen molar-refractivity contribution in [3.05, 3.63) is 83.9 Å². The molecule has 258 valence electrons. The highest BCUT2D eigenvalue weighted by atomic mass is 16.5. The average Bonchev–Trinajstić information content (AvgIpc) is 3.10. The van der Waals surface area contributed by atoms with Crippen molar-refractivity contribution in [2.45, 2.75) is 142 Å². The fraction of sp³-hybridized carbons (Fsp3) is 0.558. The molecule has 4 nitrogen and oxygen atoms in total. The summed E-state index contributed by atoms with van der Waals surface area (Å²) in [4.78, 5) is 12.8. The molecule has 0 heterocycles. The van der Waals surface area contributed by atoms with E-state index in [1.807, 2.05) is 60.7 Å². The van der Waals surface area contributed by atoms with E-state index in [1.165, 1.54) is 103 Å². The van der Waals surface area contributed by atoms with Gasteiger partial charge in [-0.3, -0.25) is 0 Å². The Kier molecular flexibility index (Phi) is 19.7. The molecule has 3 aromatic carbocycles. The van der Waals surface area contributed by atoms with E-state index in [0.717, 1.165) is 48.5 Å². The quantitative estimate of drug-likeness (QED) is 0.0496. The third-order valence-electron chi connectivity index (χ3n) is 9.00. The number of rotatable bonds is 26. The summed E-state index contributed by atoms with van der Waals surface area (Å²) in [7, 11) is 0. The Bertz CT molecular complexity index is 1200. The number of carbonyl (C=O) groups is 1. The second-order valence-corrected chi connectivity index (χ2v) is 13.1. The molecule has 0 aliphatic rings. The van der Waals surface area contributed by atoms with Crippen molar-refractivity contribution in [2.24, 2.45) is 0 Å². The number of benzene rings is 3. The zero-order valence-electron chi connectivity index (χ0n) is 29.8. The van der Waals surface area contributed by atoms with Crippen LogP contribution < -0.4 is 9.47 Å². The molecule has 0 N–H and O–H groups in total. The molecule has 0 aliphatic carbocycles. The molecule has 47 heavy (non-hydrogen) atoms. The van der Waals surface area contributed by atoms with Crippen LogP contribution in [-0.2, 0) is 4.74 Å². The van der Waals surface area contributed by atoms with E-state index in [-0.39, 0.29) is 12.1 Å². The third kappa shape index (κ3) is 16.0. The van der Waals surface area contributed by atoms with Crippen LogP contribution in [0.25, 0.3) is 11.1 Å². The fourth-order valence-electron chi connectivity index (χ4n) is 5.89. The summed E-state index contributed by atoms with van der Waals surface area (Å²) in [6.07, 6.45) is 23.8. The summed E-state index contributed by atoms with van der Waals surface area (Å²) < 4.78 is 17.6. The lowest BCUT2D eigenvalue weighted by atomic mass is 10.0. The van der Waals surface area contributed by atoms with Crippen LogP contribution in [0.1, 0.15) is 158 Å². The smallest absolute Gasteiger partial charge is 0.343 e. The summed E-state index contributed by atoms with van der Waals surface area (Å²) in [5, 5.41) is 0. The Labute approximate surface area is 286 Å². The van der Waals surface area contributed by atoms with Crippen LogP contribution in [0.3, 0.4) is 0 Å². The number of hydrogen-bond acceptors (Lipinski definition) is 4. The molecular weight excluding hydrogens is 580 g/mol. The minimum Gasteiger partial charge on any atom is -0.494 e. The molecule has 3 rings (SSSR count). The molecule has 0 aliphatic heterocycles. The first-order valence-corrected chi connectivity index (χ1v) is 18.9. The van der Waals surface area contributed by atoms with Crippen molar-refractivity contribution in [1.82, 2.24) is 0 Å². The van der Waals surface area contributed by atoms with E-state index in [4.69, 9.17) is 14.2 Å². The van der Waals surface area contributed by atoms with Gasteiger partial charge in [-0.25, -0.2) is 4.79 Å². The normalized spacial score (nSPS) is 11.8. The van der Waals surface area contributed by atoms with Crippen LogP contribution in [0.15, 0.2) is 72.8 Å². The first-order valence-electron chi connectivity index (χ1n) is 18.9. The topological polar surface area (TPSA) is 44.8 Å². The van der Waals surface area contributed by atoms with Gasteiger partial charge in [-0.1, -0.05) is 153 Å². The molecule has 0 saturated carbocycles. The summed E-state index contributed by atoms with van der Waals surface area (Å²) in [6, 6.07) is 23.4. The van der Waals surface area contributed by atoms with E-state index in [1.54, 1.807) is 0 Å². The number of ether oxygens (including phenoxy) is 3. The molecule has 0 radical (unpaired) electrons. The van der Waals surface area contributed by atoms with Crippen LogP contribution in [0.2, 0.25) is 0 Å². The van der Waals surface area contributed by atoms with E-state index >= 15 is 0 Å². The highest BCUT2D eigenvalue weighted by molar-refractivity contribution is 5.91. The first-order chi connectivity index (χ1) is 23.1. The largest absolute Gasteiger partial charge is 0.494 e. The van der Waals surface area contributed by atoms with Crippen LogP contribution >= 0.6 is 0 Å². The Hall–Kier alpha value is -3.11. The fourth-order valence-corrected chi connectivity index (χ4v) is 5.89. The average molecular weight is 643 g/mol. The molecule has 0 saturated heterocycles. The molecular formula is C43H62O4. The van der Waals surface area contributed by atoms with Crippen molar-refractivity contribution in [3.8, 4) is 22.6 Å². The number of carbonyl (C=O) groups excluding carboxylic acids is 1. The van der Waals surface area contributed by atoms with Crippen LogP contribution in [0, 0.1) is 0 Å². The van der Waals surface area contributed by atoms with Gasteiger partial charge in [-0.15, -0.1) is 0 Å². The third-order valence-corrected chi connectivity index (χ3v) is 9.00. The summed E-state index contributed by atoms with van der Waals surface area (Å²) in [6.45, 7) is 8.11. The molecule has 0 amide bonds. The lowest BCUT2D eigenvalue weighted by Gasteiger charge is -2.14. The lowest BCUT2D eigenvalue weighted by molar-refractivity contribution is 0.0626. The van der Waals surface area contributed by atoms with Gasteiger partial charge in [-0.2, -0.15) is 0 Å². The van der Waals surface area contributed by atoms with Gasteiger partial charge in [0.25, 0.3) is 0 Å². The predicted octanol–water partition coefficient (Wildman–Crippen LogP) is 13.1. The molecule has 1 atom stereocenters. The number of esters is 1. The molecule has 4 heteroatoms. The van der Waals surface area contributed by atoms with Crippen molar-refractivity contribution in [2.75, 3.05) is 13.2 Å². The van der Waals surface area contributed by atoms with Gasteiger partial charge in [0.05, 0.1) is 18.3 Å². The Morgan fingerprint density at radius 3 is 1.45 bits per heavy atom. The second-order valence-electron chi connectivity index (χ2n) is 13.1. The van der Waals surface area contributed by atoms with Gasteiger partial charge >= 0.3 is 5.97 Å². The van der Waals surface area contributed by atoms with E-state index in [0.29, 0.717) is 11.3 Å². The maximum atomic E-state index is 12.8. The maximum Gasteiger partial charge on any atom is 0.343 e. The highest BCUT2D eigenvalue weighted by Gasteiger charge is 2.12. The van der Waals surface area contributed by atoms with E-state index in [2.05, 4.69) is 32.9 Å². The number of hydrogen-bond donors (Lipinski definition) is 0. The molecule has 3 aromatic rings. The summed E-state index contributed by atoms with van der Waals surface area (Å²) in [5.41, 5.74) is 3.76. The monoisotopic (exact) mass is 642 g/mol. The van der Waals surface area contributed by atoms with Crippen LogP contribution in [0.5, 0.6) is 11.5 Å². The van der Waals surface area contributed by atoms with Crippen LogP contribution in [-0.4, -0.2) is 19.2 Å². The molecule has 1 unspecified atom stereocenters. The molecule has 0 fully saturated rings. The van der Waals surface area contributed by atoms with Crippen molar-refractivity contribution >= 4 is 5.97 Å². The standard InChI is InChI=1S/C43H62O4/c1-4-6-8-10-11-12-13-14-15-16-17-18-19-21-34-45-36(3)37-22-24-40(25-23-37)43(44)47-42-32-28-39(29-33-42)38-26-30-41(31-27-38)46-35-20-9-7-5-2/h22-33,36H,4-21,34-35H2,1-3H3. The Morgan fingerprint density at radius 1 is 0.511 bits per heavy atom. The molecule has 0 spiro atoms. The molecule has 0 bridgehead atoms. The second kappa shape index (κ2) is 24.1. The maximum absolute atomic E-state index is 12.8. The zero-order valence-corrected chi connectivity index (χ0v) is 29.8. The van der Waals surface area contributed by atoms with E-state index in [9.17, 15) is 4.79 Å². The van der Waals surface area contributed by atoms with Gasteiger partial charge in [0.1, 0.15) is 11.5 Å². The predicted molar refractivity (Wildman–Crippen MR) is 198 cm³/mol. The SMILES string of the molecule is CCCCCCCCCCCCCCCCOC(C)c1ccc(C(=O)Oc2ccc(-c3ccc(OCCCCCC)cc3)cc2)cc1. The van der Waals surface area contributed by atoms with Gasteiger partial charge in [0.2, 0.25) is 0 Å². The van der Waals surface area contributed by atoms with Gasteiger partial charge in [-0.05, 0) is 72.9 Å². The minimum absolute atomic E-state index is 0.000936. The Balaban J connectivity index is 1.27. The highest BCUT2D eigenvalue weighted by Crippen LogP contribution is 2.26. The zero-order chi connectivity index (χ0) is 33.4. The van der Waals surface area contributed by atoms with Gasteiger partial charge < -0.3 is 14.2 Å². The van der Waals surface area contributed by atoms with Gasteiger partial charge in [0, 0.05) is 6.61 Å². The van der Waals surface area contributed by atoms with Crippen LogP contribution in [0.4, 0.5) is 0 Å². The first kappa shape index (κ1) is 38.3. The van der Waals surface area contributed by atoms with Crippen molar-refractivity contribution in [1.29, 1.82) is 0 Å². The Morgan fingerprint density at radius 2 is 0.936 bits per heavy atom. The molecule has 0 aromatic heterocycles. The number of unbranched alkanes of at least 4 members (excludes halogenated alkanes) is 16. The van der Waals surface area contributed by atoms with Gasteiger partial charge in [0.15, 0.2) is 0 Å². The lowest BCUT2D eigenvalue weighted by Crippen LogP contribution is -2.09. The summed E-state index contributed by atoms with van der Waals surface area (Å²) >= 11 is 0. The van der Waals surface area contributed by atoms with E-state index < -0.39 is 0 Å².